The van der Waals surface area contributed by atoms with Gasteiger partial charge >= 0.3 is 0 Å². The number of hydrogen-bond acceptors (Lipinski definition) is 4. The van der Waals surface area contributed by atoms with E-state index in [0.29, 0.717) is 13.0 Å². The lowest BCUT2D eigenvalue weighted by Crippen LogP contribution is -2.45. The highest BCUT2D eigenvalue weighted by atomic mass is 127. The Hall–Kier alpha value is -1.29. The number of furan rings is 1. The first kappa shape index (κ1) is 24.0. The van der Waals surface area contributed by atoms with Gasteiger partial charge in [-0.2, -0.15) is 0 Å². The standard InChI is InChI=1S/C21H35N5O2.HI/c1-4-20(27)26-13-10-17(15-26)24-21(22-5-2)23-14-18(25-11-6-7-12-25)19-9-8-16(3)28-19;/h8-9,17-18H,4-7,10-15H2,1-3H3,(H2,22,23,24);1H. The van der Waals surface area contributed by atoms with Gasteiger partial charge in [0, 0.05) is 32.1 Å². The SMILES string of the molecule is CCNC(=NCC(c1ccc(C)o1)N1CCCC1)NC1CCN(C(=O)CC)C1.I. The Morgan fingerprint density at radius 1 is 1.28 bits per heavy atom. The molecule has 0 aromatic carbocycles. The van der Waals surface area contributed by atoms with E-state index < -0.39 is 0 Å². The molecule has 3 rings (SSSR count). The van der Waals surface area contributed by atoms with Crippen molar-refractivity contribution in [3.63, 3.8) is 0 Å². The Kier molecular flexibility index (Phi) is 9.74. The summed E-state index contributed by atoms with van der Waals surface area (Å²) in [6, 6.07) is 4.54. The number of aliphatic imine (C=N–C) groups is 1. The Labute approximate surface area is 191 Å². The maximum absolute atomic E-state index is 11.9. The van der Waals surface area contributed by atoms with Crippen LogP contribution >= 0.6 is 24.0 Å². The zero-order valence-corrected chi connectivity index (χ0v) is 20.3. The monoisotopic (exact) mass is 517 g/mol. The van der Waals surface area contributed by atoms with Gasteiger partial charge in [0.05, 0.1) is 12.6 Å². The fourth-order valence-corrected chi connectivity index (χ4v) is 4.09. The number of halogens is 1. The fraction of sp³-hybridized carbons (Fsp3) is 0.714. The number of guanidine groups is 1. The third-order valence-corrected chi connectivity index (χ3v) is 5.62. The van der Waals surface area contributed by atoms with Gasteiger partial charge in [0.25, 0.3) is 0 Å². The first-order valence-electron chi connectivity index (χ1n) is 10.7. The Morgan fingerprint density at radius 3 is 2.66 bits per heavy atom. The van der Waals surface area contributed by atoms with Crippen LogP contribution in [0, 0.1) is 6.92 Å². The molecule has 1 aromatic rings. The average Bonchev–Trinajstić information content (AvgIpc) is 3.44. The summed E-state index contributed by atoms with van der Waals surface area (Å²) in [6.45, 7) is 11.2. The van der Waals surface area contributed by atoms with Crippen LogP contribution in [0.1, 0.15) is 57.1 Å². The van der Waals surface area contributed by atoms with Crippen molar-refractivity contribution in [2.45, 2.75) is 58.5 Å². The van der Waals surface area contributed by atoms with Gasteiger partial charge in [0.15, 0.2) is 5.96 Å². The summed E-state index contributed by atoms with van der Waals surface area (Å²) in [5.74, 6) is 3.00. The maximum Gasteiger partial charge on any atom is 0.222 e. The number of aryl methyl sites for hydroxylation is 1. The van der Waals surface area contributed by atoms with Crippen LogP contribution in [0.2, 0.25) is 0 Å². The van der Waals surface area contributed by atoms with Crippen molar-refractivity contribution in [1.82, 2.24) is 20.4 Å². The van der Waals surface area contributed by atoms with Crippen molar-refractivity contribution in [2.24, 2.45) is 4.99 Å². The van der Waals surface area contributed by atoms with Crippen molar-refractivity contribution in [3.05, 3.63) is 23.7 Å². The molecule has 8 heteroatoms. The summed E-state index contributed by atoms with van der Waals surface area (Å²) in [5, 5.41) is 6.88. The summed E-state index contributed by atoms with van der Waals surface area (Å²) in [5.41, 5.74) is 0. The van der Waals surface area contributed by atoms with Crippen LogP contribution in [-0.4, -0.2) is 67.0 Å². The van der Waals surface area contributed by atoms with E-state index in [-0.39, 0.29) is 42.0 Å². The van der Waals surface area contributed by atoms with Crippen molar-refractivity contribution >= 4 is 35.8 Å². The number of amides is 1. The van der Waals surface area contributed by atoms with Gasteiger partial charge in [-0.05, 0) is 58.3 Å². The molecule has 2 saturated heterocycles. The zero-order chi connectivity index (χ0) is 19.9. The first-order chi connectivity index (χ1) is 13.6. The summed E-state index contributed by atoms with van der Waals surface area (Å²) < 4.78 is 5.94. The number of carbonyl (C=O) groups excluding carboxylic acids is 1. The molecule has 29 heavy (non-hydrogen) atoms. The second kappa shape index (κ2) is 11.8. The summed E-state index contributed by atoms with van der Waals surface area (Å²) in [7, 11) is 0. The van der Waals surface area contributed by atoms with Crippen molar-refractivity contribution in [1.29, 1.82) is 0 Å². The molecule has 164 valence electrons. The molecule has 7 nitrogen and oxygen atoms in total. The minimum Gasteiger partial charge on any atom is -0.465 e. The molecular formula is C21H36IN5O2. The third kappa shape index (κ3) is 6.60. The molecule has 2 N–H and O–H groups in total. The van der Waals surface area contributed by atoms with E-state index in [1.54, 1.807) is 0 Å². The molecule has 0 radical (unpaired) electrons. The molecule has 2 atom stereocenters. The lowest BCUT2D eigenvalue weighted by atomic mass is 10.2. The van der Waals surface area contributed by atoms with E-state index in [1.165, 1.54) is 12.8 Å². The van der Waals surface area contributed by atoms with E-state index in [0.717, 1.165) is 56.6 Å². The van der Waals surface area contributed by atoms with Gasteiger partial charge in [-0.15, -0.1) is 24.0 Å². The predicted molar refractivity (Wildman–Crippen MR) is 127 cm³/mol. The lowest BCUT2D eigenvalue weighted by Gasteiger charge is -2.25. The number of nitrogens with one attached hydrogen (secondary N) is 2. The van der Waals surface area contributed by atoms with Gasteiger partial charge in [-0.3, -0.25) is 14.7 Å². The average molecular weight is 517 g/mol. The van der Waals surface area contributed by atoms with E-state index >= 15 is 0 Å². The minimum atomic E-state index is 0. The smallest absolute Gasteiger partial charge is 0.222 e. The van der Waals surface area contributed by atoms with Gasteiger partial charge in [-0.25, -0.2) is 0 Å². The molecule has 0 saturated carbocycles. The van der Waals surface area contributed by atoms with Crippen LogP contribution in [0.25, 0.3) is 0 Å². The summed E-state index contributed by atoms with van der Waals surface area (Å²) in [4.78, 5) is 21.2. The molecule has 1 aromatic heterocycles. The molecule has 1 amide bonds. The Morgan fingerprint density at radius 2 is 2.03 bits per heavy atom. The first-order valence-corrected chi connectivity index (χ1v) is 10.7. The molecule has 3 heterocycles. The van der Waals surface area contributed by atoms with Crippen LogP contribution in [-0.2, 0) is 4.79 Å². The van der Waals surface area contributed by atoms with Crippen LogP contribution in [0.15, 0.2) is 21.5 Å². The molecule has 0 spiro atoms. The van der Waals surface area contributed by atoms with E-state index in [2.05, 4.69) is 28.5 Å². The number of nitrogens with zero attached hydrogens (tertiary/aromatic N) is 3. The van der Waals surface area contributed by atoms with Gasteiger partial charge < -0.3 is 20.0 Å². The van der Waals surface area contributed by atoms with Crippen LogP contribution in [0.3, 0.4) is 0 Å². The maximum atomic E-state index is 11.9. The highest BCUT2D eigenvalue weighted by molar-refractivity contribution is 14.0. The number of carbonyl (C=O) groups is 1. The fourth-order valence-electron chi connectivity index (χ4n) is 4.09. The Balaban J connectivity index is 0.00000300. The summed E-state index contributed by atoms with van der Waals surface area (Å²) in [6.07, 6.45) is 4.01. The van der Waals surface area contributed by atoms with E-state index in [1.807, 2.05) is 24.8 Å². The highest BCUT2D eigenvalue weighted by Gasteiger charge is 2.28. The number of hydrogen-bond donors (Lipinski definition) is 2. The second-order valence-electron chi connectivity index (χ2n) is 7.75. The third-order valence-electron chi connectivity index (χ3n) is 5.62. The normalized spacial score (nSPS) is 21.1. The largest absolute Gasteiger partial charge is 0.465 e. The van der Waals surface area contributed by atoms with Crippen molar-refractivity contribution < 1.29 is 9.21 Å². The van der Waals surface area contributed by atoms with Crippen LogP contribution in [0.4, 0.5) is 0 Å². The lowest BCUT2D eigenvalue weighted by molar-refractivity contribution is -0.129. The van der Waals surface area contributed by atoms with Crippen LogP contribution < -0.4 is 10.6 Å². The molecule has 2 unspecified atom stereocenters. The molecule has 0 aliphatic carbocycles. The molecule has 0 bridgehead atoms. The number of rotatable bonds is 7. The van der Waals surface area contributed by atoms with Crippen molar-refractivity contribution in [2.75, 3.05) is 39.3 Å². The number of likely N-dealkylation sites (tertiary alicyclic amines) is 2. The summed E-state index contributed by atoms with van der Waals surface area (Å²) >= 11 is 0. The van der Waals surface area contributed by atoms with E-state index in [4.69, 9.17) is 9.41 Å². The van der Waals surface area contributed by atoms with Crippen molar-refractivity contribution in [3.8, 4) is 0 Å². The van der Waals surface area contributed by atoms with Gasteiger partial charge in [-0.1, -0.05) is 6.92 Å². The molecule has 2 fully saturated rings. The van der Waals surface area contributed by atoms with Gasteiger partial charge in [0.1, 0.15) is 11.5 Å². The zero-order valence-electron chi connectivity index (χ0n) is 17.9. The highest BCUT2D eigenvalue weighted by Crippen LogP contribution is 2.27. The van der Waals surface area contributed by atoms with Gasteiger partial charge in [0.2, 0.25) is 5.91 Å². The molecule has 2 aliphatic heterocycles. The quantitative estimate of drug-likeness (QED) is 0.331. The molecular weight excluding hydrogens is 481 g/mol. The molecule has 2 aliphatic rings. The van der Waals surface area contributed by atoms with E-state index in [9.17, 15) is 4.79 Å². The topological polar surface area (TPSA) is 73.1 Å². The Bertz CT molecular complexity index is 672. The predicted octanol–water partition coefficient (Wildman–Crippen LogP) is 2.91. The minimum absolute atomic E-state index is 0. The second-order valence-corrected chi connectivity index (χ2v) is 7.75. The van der Waals surface area contributed by atoms with Crippen LogP contribution in [0.5, 0.6) is 0 Å².